The molecule has 0 radical (unpaired) electrons. The molecule has 2 rings (SSSR count). The van der Waals surface area contributed by atoms with E-state index in [2.05, 4.69) is 5.32 Å². The molecular weight excluding hydrogens is 233 g/mol. The van der Waals surface area contributed by atoms with Crippen LogP contribution < -0.4 is 5.32 Å². The van der Waals surface area contributed by atoms with Crippen molar-refractivity contribution in [2.45, 2.75) is 32.2 Å². The van der Waals surface area contributed by atoms with E-state index in [1.54, 1.807) is 25.1 Å². The van der Waals surface area contributed by atoms with Gasteiger partial charge in [-0.1, -0.05) is 18.6 Å². The highest BCUT2D eigenvalue weighted by Gasteiger charge is 2.34. The average molecular weight is 251 g/mol. The SMILES string of the molecule is CCOC(=O)C(Nc1ccccc1F)C1CCC1. The molecule has 3 nitrogen and oxygen atoms in total. The molecule has 1 unspecified atom stereocenters. The van der Waals surface area contributed by atoms with Crippen LogP contribution in [-0.4, -0.2) is 18.6 Å². The number of nitrogens with one attached hydrogen (secondary N) is 1. The maximum atomic E-state index is 13.6. The highest BCUT2D eigenvalue weighted by Crippen LogP contribution is 2.32. The van der Waals surface area contributed by atoms with Gasteiger partial charge in [0.15, 0.2) is 0 Å². The molecular formula is C14H18FNO2. The zero-order valence-corrected chi connectivity index (χ0v) is 10.5. The normalized spacial score (nSPS) is 16.8. The van der Waals surface area contributed by atoms with Crippen LogP contribution in [0.1, 0.15) is 26.2 Å². The second-order valence-corrected chi connectivity index (χ2v) is 4.54. The summed E-state index contributed by atoms with van der Waals surface area (Å²) < 4.78 is 18.6. The number of ether oxygens (including phenoxy) is 1. The van der Waals surface area contributed by atoms with Crippen molar-refractivity contribution in [2.75, 3.05) is 11.9 Å². The van der Waals surface area contributed by atoms with Crippen molar-refractivity contribution in [1.82, 2.24) is 0 Å². The molecule has 1 aromatic carbocycles. The molecule has 0 amide bonds. The fourth-order valence-electron chi connectivity index (χ4n) is 2.12. The standard InChI is InChI=1S/C14H18FNO2/c1-2-18-14(17)13(10-6-5-7-10)16-12-9-4-3-8-11(12)15/h3-4,8-10,13,16H,2,5-7H2,1H3. The lowest BCUT2D eigenvalue weighted by Crippen LogP contribution is -2.41. The number of para-hydroxylation sites is 1. The first-order valence-corrected chi connectivity index (χ1v) is 6.40. The van der Waals surface area contributed by atoms with Crippen molar-refractivity contribution < 1.29 is 13.9 Å². The van der Waals surface area contributed by atoms with Crippen molar-refractivity contribution in [3.63, 3.8) is 0 Å². The Morgan fingerprint density at radius 1 is 1.50 bits per heavy atom. The molecule has 18 heavy (non-hydrogen) atoms. The summed E-state index contributed by atoms with van der Waals surface area (Å²) in [6.45, 7) is 2.12. The van der Waals surface area contributed by atoms with E-state index in [9.17, 15) is 9.18 Å². The summed E-state index contributed by atoms with van der Waals surface area (Å²) in [5.74, 6) is -0.375. The van der Waals surface area contributed by atoms with Crippen molar-refractivity contribution in [3.8, 4) is 0 Å². The smallest absolute Gasteiger partial charge is 0.328 e. The van der Waals surface area contributed by atoms with Crippen molar-refractivity contribution in [3.05, 3.63) is 30.1 Å². The summed E-state index contributed by atoms with van der Waals surface area (Å²) >= 11 is 0. The molecule has 1 atom stereocenters. The van der Waals surface area contributed by atoms with Crippen LogP contribution in [0.3, 0.4) is 0 Å². The third kappa shape index (κ3) is 2.81. The van der Waals surface area contributed by atoms with Crippen LogP contribution in [0.25, 0.3) is 0 Å². The summed E-state index contributed by atoms with van der Waals surface area (Å²) in [7, 11) is 0. The van der Waals surface area contributed by atoms with Gasteiger partial charge in [-0.3, -0.25) is 0 Å². The van der Waals surface area contributed by atoms with Gasteiger partial charge in [-0.2, -0.15) is 0 Å². The van der Waals surface area contributed by atoms with E-state index in [1.165, 1.54) is 6.07 Å². The van der Waals surface area contributed by atoms with Crippen LogP contribution in [-0.2, 0) is 9.53 Å². The van der Waals surface area contributed by atoms with Crippen molar-refractivity contribution >= 4 is 11.7 Å². The van der Waals surface area contributed by atoms with E-state index in [1.807, 2.05) is 0 Å². The summed E-state index contributed by atoms with van der Waals surface area (Å²) in [6.07, 6.45) is 3.11. The number of hydrogen-bond acceptors (Lipinski definition) is 3. The molecule has 1 aliphatic rings. The maximum Gasteiger partial charge on any atom is 0.328 e. The largest absolute Gasteiger partial charge is 0.464 e. The summed E-state index contributed by atoms with van der Waals surface area (Å²) in [5.41, 5.74) is 0.363. The predicted molar refractivity (Wildman–Crippen MR) is 67.8 cm³/mol. The van der Waals surface area contributed by atoms with E-state index < -0.39 is 6.04 Å². The highest BCUT2D eigenvalue weighted by atomic mass is 19.1. The minimum Gasteiger partial charge on any atom is -0.464 e. The molecule has 0 spiro atoms. The number of carbonyl (C=O) groups is 1. The van der Waals surface area contributed by atoms with Crippen LogP contribution in [0.2, 0.25) is 0 Å². The molecule has 0 saturated heterocycles. The molecule has 0 aliphatic heterocycles. The van der Waals surface area contributed by atoms with Crippen LogP contribution >= 0.6 is 0 Å². The monoisotopic (exact) mass is 251 g/mol. The Kier molecular flexibility index (Phi) is 4.18. The number of benzene rings is 1. The second-order valence-electron chi connectivity index (χ2n) is 4.54. The molecule has 0 heterocycles. The molecule has 4 heteroatoms. The van der Waals surface area contributed by atoms with Crippen molar-refractivity contribution in [1.29, 1.82) is 0 Å². The number of carbonyl (C=O) groups excluding carboxylic acids is 1. The van der Waals surface area contributed by atoms with Gasteiger partial charge in [0.2, 0.25) is 0 Å². The first kappa shape index (κ1) is 12.9. The zero-order valence-electron chi connectivity index (χ0n) is 10.5. The summed E-state index contributed by atoms with van der Waals surface area (Å²) in [4.78, 5) is 11.9. The number of rotatable bonds is 5. The third-order valence-corrected chi connectivity index (χ3v) is 3.35. The molecule has 0 aromatic heterocycles. The lowest BCUT2D eigenvalue weighted by atomic mass is 9.79. The van der Waals surface area contributed by atoms with Gasteiger partial charge in [0.05, 0.1) is 12.3 Å². The topological polar surface area (TPSA) is 38.3 Å². The van der Waals surface area contributed by atoms with E-state index in [4.69, 9.17) is 4.74 Å². The van der Waals surface area contributed by atoms with Crippen LogP contribution in [0.15, 0.2) is 24.3 Å². The Hall–Kier alpha value is -1.58. The lowest BCUT2D eigenvalue weighted by Gasteiger charge is -2.33. The molecule has 1 aromatic rings. The Morgan fingerprint density at radius 2 is 2.22 bits per heavy atom. The molecule has 1 saturated carbocycles. The molecule has 0 bridgehead atoms. The molecule has 1 aliphatic carbocycles. The quantitative estimate of drug-likeness (QED) is 0.818. The fraction of sp³-hybridized carbons (Fsp3) is 0.500. The first-order valence-electron chi connectivity index (χ1n) is 6.40. The minimum absolute atomic E-state index is 0.253. The highest BCUT2D eigenvalue weighted by molar-refractivity contribution is 5.80. The van der Waals surface area contributed by atoms with E-state index in [0.29, 0.717) is 12.3 Å². The number of anilines is 1. The van der Waals surface area contributed by atoms with Gasteiger partial charge < -0.3 is 10.1 Å². The van der Waals surface area contributed by atoms with E-state index in [-0.39, 0.29) is 17.7 Å². The minimum atomic E-state index is -0.435. The van der Waals surface area contributed by atoms with Crippen LogP contribution in [0.4, 0.5) is 10.1 Å². The predicted octanol–water partition coefficient (Wildman–Crippen LogP) is 2.97. The molecule has 98 valence electrons. The van der Waals surface area contributed by atoms with Gasteiger partial charge in [0.1, 0.15) is 11.9 Å². The van der Waals surface area contributed by atoms with Gasteiger partial charge in [0.25, 0.3) is 0 Å². The fourth-order valence-corrected chi connectivity index (χ4v) is 2.12. The van der Waals surface area contributed by atoms with E-state index in [0.717, 1.165) is 19.3 Å². The van der Waals surface area contributed by atoms with Gasteiger partial charge in [0, 0.05) is 0 Å². The Bertz CT molecular complexity index is 418. The van der Waals surface area contributed by atoms with Crippen LogP contribution in [0, 0.1) is 11.7 Å². The van der Waals surface area contributed by atoms with Crippen LogP contribution in [0.5, 0.6) is 0 Å². The zero-order chi connectivity index (χ0) is 13.0. The van der Waals surface area contributed by atoms with Gasteiger partial charge >= 0.3 is 5.97 Å². The lowest BCUT2D eigenvalue weighted by molar-refractivity contribution is -0.146. The first-order chi connectivity index (χ1) is 8.72. The molecule has 1 fully saturated rings. The van der Waals surface area contributed by atoms with Crippen molar-refractivity contribution in [2.24, 2.45) is 5.92 Å². The maximum absolute atomic E-state index is 13.6. The molecule has 1 N–H and O–H groups in total. The Morgan fingerprint density at radius 3 is 2.78 bits per heavy atom. The Balaban J connectivity index is 2.09. The number of halogens is 1. The van der Waals surface area contributed by atoms with Gasteiger partial charge in [-0.25, -0.2) is 9.18 Å². The number of hydrogen-bond donors (Lipinski definition) is 1. The number of esters is 1. The Labute approximate surface area is 106 Å². The van der Waals surface area contributed by atoms with E-state index >= 15 is 0 Å². The summed E-state index contributed by atoms with van der Waals surface area (Å²) in [5, 5.41) is 2.98. The summed E-state index contributed by atoms with van der Waals surface area (Å²) in [6, 6.07) is 5.96. The second kappa shape index (κ2) is 5.85. The third-order valence-electron chi connectivity index (χ3n) is 3.35. The van der Waals surface area contributed by atoms with Gasteiger partial charge in [-0.15, -0.1) is 0 Å². The van der Waals surface area contributed by atoms with Gasteiger partial charge in [-0.05, 0) is 37.8 Å². The average Bonchev–Trinajstić information content (AvgIpc) is 2.29.